The minimum absolute atomic E-state index is 0.00687. The lowest BCUT2D eigenvalue weighted by Crippen LogP contribution is -2.42. The Hall–Kier alpha value is -0.750. The summed E-state index contributed by atoms with van der Waals surface area (Å²) in [5.41, 5.74) is -0.00687. The molecule has 0 bridgehead atoms. The van der Waals surface area contributed by atoms with Gasteiger partial charge in [0.15, 0.2) is 0 Å². The van der Waals surface area contributed by atoms with Crippen molar-refractivity contribution in [1.29, 1.82) is 0 Å². The molecule has 1 aromatic rings. The van der Waals surface area contributed by atoms with Crippen molar-refractivity contribution in [3.05, 3.63) is 33.0 Å². The summed E-state index contributed by atoms with van der Waals surface area (Å²) >= 11 is 8.84. The van der Waals surface area contributed by atoms with Crippen LogP contribution in [-0.4, -0.2) is 29.8 Å². The molecule has 0 aliphatic carbocycles. The molecule has 0 aromatic heterocycles. The van der Waals surface area contributed by atoms with Gasteiger partial charge in [0.2, 0.25) is 0 Å². The average molecular weight is 357 g/mol. The number of carbonyl (C=O) groups is 1. The van der Waals surface area contributed by atoms with Gasteiger partial charge in [-0.2, -0.15) is 0 Å². The maximum absolute atomic E-state index is 13.4. The lowest BCUT2D eigenvalue weighted by atomic mass is 10.1. The molecule has 1 aromatic carbocycles. The van der Waals surface area contributed by atoms with Gasteiger partial charge in [0, 0.05) is 25.9 Å². The third-order valence-corrected chi connectivity index (χ3v) is 3.94. The Bertz CT molecular complexity index is 514. The predicted molar refractivity (Wildman–Crippen MR) is 69.2 cm³/mol. The Morgan fingerprint density at radius 2 is 1.89 bits per heavy atom. The summed E-state index contributed by atoms with van der Waals surface area (Å²) in [6, 6.07) is 2.30. The van der Waals surface area contributed by atoms with Crippen LogP contribution in [0.1, 0.15) is 23.2 Å². The zero-order valence-electron chi connectivity index (χ0n) is 9.73. The van der Waals surface area contributed by atoms with Crippen molar-refractivity contribution in [3.63, 3.8) is 0 Å². The highest BCUT2D eigenvalue weighted by Gasteiger charge is 2.36. The van der Waals surface area contributed by atoms with E-state index in [9.17, 15) is 18.0 Å². The lowest BCUT2D eigenvalue weighted by molar-refractivity contribution is -0.0494. The van der Waals surface area contributed by atoms with E-state index < -0.39 is 17.6 Å². The van der Waals surface area contributed by atoms with Gasteiger partial charge in [-0.15, -0.1) is 0 Å². The van der Waals surface area contributed by atoms with E-state index in [1.807, 2.05) is 0 Å². The monoisotopic (exact) mass is 355 g/mol. The highest BCUT2D eigenvalue weighted by molar-refractivity contribution is 9.10. The zero-order chi connectivity index (χ0) is 14.2. The van der Waals surface area contributed by atoms with Crippen LogP contribution in [0.3, 0.4) is 0 Å². The van der Waals surface area contributed by atoms with Crippen LogP contribution >= 0.6 is 27.5 Å². The number of carbonyl (C=O) groups excluding carboxylic acids is 1. The Kier molecular flexibility index (Phi) is 4.11. The quantitative estimate of drug-likeness (QED) is 0.693. The van der Waals surface area contributed by atoms with Crippen LogP contribution in [0, 0.1) is 5.82 Å². The van der Waals surface area contributed by atoms with Crippen molar-refractivity contribution in [2.75, 3.05) is 13.1 Å². The van der Waals surface area contributed by atoms with Crippen LogP contribution in [0.2, 0.25) is 5.02 Å². The number of rotatable bonds is 1. The molecule has 0 spiro atoms. The molecular weight excluding hydrogens is 346 g/mol. The molecule has 0 saturated carbocycles. The number of hydrogen-bond donors (Lipinski definition) is 0. The topological polar surface area (TPSA) is 20.3 Å². The Morgan fingerprint density at radius 3 is 2.47 bits per heavy atom. The summed E-state index contributed by atoms with van der Waals surface area (Å²) < 4.78 is 39.6. The molecule has 1 amide bonds. The first kappa shape index (κ1) is 14.7. The second kappa shape index (κ2) is 5.32. The van der Waals surface area contributed by atoms with Crippen LogP contribution in [0.25, 0.3) is 0 Å². The summed E-state index contributed by atoms with van der Waals surface area (Å²) in [6.45, 7) is -0.111. The van der Waals surface area contributed by atoms with E-state index in [-0.39, 0.29) is 41.0 Å². The second-order valence-electron chi connectivity index (χ2n) is 4.39. The van der Waals surface area contributed by atoms with Crippen molar-refractivity contribution in [2.24, 2.45) is 0 Å². The van der Waals surface area contributed by atoms with Crippen molar-refractivity contribution < 1.29 is 18.0 Å². The van der Waals surface area contributed by atoms with Gasteiger partial charge in [0.05, 0.1) is 15.1 Å². The minimum Gasteiger partial charge on any atom is -0.338 e. The molecule has 0 N–H and O–H groups in total. The summed E-state index contributed by atoms with van der Waals surface area (Å²) in [7, 11) is 0. The van der Waals surface area contributed by atoms with E-state index in [0.29, 0.717) is 0 Å². The van der Waals surface area contributed by atoms with Gasteiger partial charge in [-0.3, -0.25) is 4.79 Å². The van der Waals surface area contributed by atoms with Crippen molar-refractivity contribution >= 4 is 33.4 Å². The van der Waals surface area contributed by atoms with E-state index in [0.717, 1.165) is 6.07 Å². The molecule has 1 aliphatic rings. The van der Waals surface area contributed by atoms with Crippen LogP contribution in [0.5, 0.6) is 0 Å². The number of nitrogens with zero attached hydrogens (tertiary/aromatic N) is 1. The zero-order valence-corrected chi connectivity index (χ0v) is 12.1. The lowest BCUT2D eigenvalue weighted by Gasteiger charge is -2.32. The molecule has 1 saturated heterocycles. The van der Waals surface area contributed by atoms with Crippen molar-refractivity contribution in [1.82, 2.24) is 4.90 Å². The number of amides is 1. The second-order valence-corrected chi connectivity index (χ2v) is 5.66. The molecule has 19 heavy (non-hydrogen) atoms. The first-order chi connectivity index (χ1) is 8.80. The van der Waals surface area contributed by atoms with Gasteiger partial charge in [-0.05, 0) is 28.1 Å². The van der Waals surface area contributed by atoms with E-state index in [1.54, 1.807) is 0 Å². The minimum atomic E-state index is -2.73. The van der Waals surface area contributed by atoms with Gasteiger partial charge in [-0.1, -0.05) is 11.6 Å². The summed E-state index contributed by atoms with van der Waals surface area (Å²) in [5, 5.41) is 0.0932. The smallest absolute Gasteiger partial charge is 0.255 e. The molecule has 7 heteroatoms. The molecule has 1 aliphatic heterocycles. The van der Waals surface area contributed by atoms with Crippen LogP contribution in [0.15, 0.2) is 16.6 Å². The Morgan fingerprint density at radius 1 is 1.32 bits per heavy atom. The molecule has 0 unspecified atom stereocenters. The molecule has 0 atom stereocenters. The fraction of sp³-hybridized carbons (Fsp3) is 0.417. The highest BCUT2D eigenvalue weighted by Crippen LogP contribution is 2.30. The van der Waals surface area contributed by atoms with E-state index in [1.165, 1.54) is 11.0 Å². The average Bonchev–Trinajstić information content (AvgIpc) is 2.33. The Balaban J connectivity index is 2.19. The van der Waals surface area contributed by atoms with E-state index in [2.05, 4.69) is 15.9 Å². The first-order valence-corrected chi connectivity index (χ1v) is 6.79. The largest absolute Gasteiger partial charge is 0.338 e. The SMILES string of the molecule is O=C(c1cc(F)c(Br)cc1Cl)N1CCC(F)(F)CC1. The van der Waals surface area contributed by atoms with Crippen molar-refractivity contribution in [2.45, 2.75) is 18.8 Å². The number of likely N-dealkylation sites (tertiary alicyclic amines) is 1. The Labute approximate surface area is 121 Å². The van der Waals surface area contributed by atoms with Gasteiger partial charge < -0.3 is 4.90 Å². The molecule has 0 radical (unpaired) electrons. The molecular formula is C12H10BrClF3NO. The molecule has 1 heterocycles. The van der Waals surface area contributed by atoms with Crippen LogP contribution < -0.4 is 0 Å². The van der Waals surface area contributed by atoms with Gasteiger partial charge in [0.25, 0.3) is 11.8 Å². The predicted octanol–water partition coefficient (Wildman–Crippen LogP) is 4.11. The fourth-order valence-electron chi connectivity index (χ4n) is 1.89. The maximum Gasteiger partial charge on any atom is 0.255 e. The van der Waals surface area contributed by atoms with E-state index in [4.69, 9.17) is 11.6 Å². The van der Waals surface area contributed by atoms with E-state index >= 15 is 0 Å². The standard InChI is InChI=1S/C12H10BrClF3NO/c13-8-6-9(14)7(5-10(8)15)11(19)18-3-1-12(16,17)2-4-18/h5-6H,1-4H2. The first-order valence-electron chi connectivity index (χ1n) is 5.62. The maximum atomic E-state index is 13.4. The fourth-order valence-corrected chi connectivity index (χ4v) is 2.61. The third kappa shape index (κ3) is 3.23. The summed E-state index contributed by atoms with van der Waals surface area (Å²) in [6.07, 6.45) is -0.759. The van der Waals surface area contributed by atoms with Gasteiger partial charge >= 0.3 is 0 Å². The number of halogens is 5. The number of hydrogen-bond acceptors (Lipinski definition) is 1. The van der Waals surface area contributed by atoms with Crippen LogP contribution in [-0.2, 0) is 0 Å². The van der Waals surface area contributed by atoms with Gasteiger partial charge in [0.1, 0.15) is 5.82 Å². The number of piperidine rings is 1. The molecule has 104 valence electrons. The number of benzene rings is 1. The highest BCUT2D eigenvalue weighted by atomic mass is 79.9. The summed E-state index contributed by atoms with van der Waals surface area (Å²) in [5.74, 6) is -3.87. The summed E-state index contributed by atoms with van der Waals surface area (Å²) in [4.78, 5) is 13.4. The third-order valence-electron chi connectivity index (χ3n) is 3.02. The number of alkyl halides is 2. The molecule has 2 nitrogen and oxygen atoms in total. The van der Waals surface area contributed by atoms with Crippen molar-refractivity contribution in [3.8, 4) is 0 Å². The van der Waals surface area contributed by atoms with Gasteiger partial charge in [-0.25, -0.2) is 13.2 Å². The molecule has 1 fully saturated rings. The normalized spacial score (nSPS) is 18.5. The van der Waals surface area contributed by atoms with Crippen LogP contribution in [0.4, 0.5) is 13.2 Å². The molecule has 2 rings (SSSR count).